The Kier molecular flexibility index (Phi) is 5.09. The molecule has 1 atom stereocenters. The highest BCUT2D eigenvalue weighted by Gasteiger charge is 2.41. The van der Waals surface area contributed by atoms with Crippen LogP contribution in [0.3, 0.4) is 0 Å². The van der Waals surface area contributed by atoms with Crippen molar-refractivity contribution in [3.63, 3.8) is 0 Å². The van der Waals surface area contributed by atoms with Gasteiger partial charge in [0.1, 0.15) is 0 Å². The quantitative estimate of drug-likeness (QED) is 0.890. The summed E-state index contributed by atoms with van der Waals surface area (Å²) < 4.78 is 5.65. The molecule has 2 aliphatic rings. The van der Waals surface area contributed by atoms with Crippen LogP contribution in [0.2, 0.25) is 0 Å². The molecule has 5 heteroatoms. The maximum atomic E-state index is 9.42. The van der Waals surface area contributed by atoms with Gasteiger partial charge in [0, 0.05) is 13.2 Å². The van der Waals surface area contributed by atoms with Gasteiger partial charge in [-0.25, -0.2) is 0 Å². The molecule has 0 unspecified atom stereocenters. The predicted molar refractivity (Wildman–Crippen MR) is 99.8 cm³/mol. The average molecular weight is 355 g/mol. The molecule has 4 rings (SSSR count). The number of piperidine rings is 1. The Balaban J connectivity index is 1.54. The van der Waals surface area contributed by atoms with Crippen LogP contribution in [0.25, 0.3) is 0 Å². The van der Waals surface area contributed by atoms with Gasteiger partial charge in [0.25, 0.3) is 0 Å². The predicted octanol–water partition coefficient (Wildman–Crippen LogP) is 3.44. The van der Waals surface area contributed by atoms with Crippen LogP contribution in [0.1, 0.15) is 61.4 Å². The zero-order chi connectivity index (χ0) is 18.0. The fourth-order valence-electron chi connectivity index (χ4n) is 4.64. The minimum atomic E-state index is -0.0923. The zero-order valence-corrected chi connectivity index (χ0v) is 15.7. The SMILES string of the molecule is Cc1ccc(C2(c3noc(CN4CCC[C@@H](CO)C4)n3)CCCC2)cc1. The van der Waals surface area contributed by atoms with Gasteiger partial charge >= 0.3 is 0 Å². The molecular formula is C21H29N3O2. The molecule has 1 saturated carbocycles. The van der Waals surface area contributed by atoms with E-state index >= 15 is 0 Å². The summed E-state index contributed by atoms with van der Waals surface area (Å²) in [5, 5.41) is 13.8. The monoisotopic (exact) mass is 355 g/mol. The zero-order valence-electron chi connectivity index (χ0n) is 15.7. The minimum Gasteiger partial charge on any atom is -0.396 e. The summed E-state index contributed by atoms with van der Waals surface area (Å²) in [6, 6.07) is 8.82. The van der Waals surface area contributed by atoms with E-state index in [4.69, 9.17) is 9.51 Å². The summed E-state index contributed by atoms with van der Waals surface area (Å²) in [6.07, 6.45) is 6.83. The van der Waals surface area contributed by atoms with Gasteiger partial charge in [-0.15, -0.1) is 0 Å². The van der Waals surface area contributed by atoms with Crippen LogP contribution < -0.4 is 0 Å². The molecule has 0 radical (unpaired) electrons. The maximum absolute atomic E-state index is 9.42. The number of hydrogen-bond acceptors (Lipinski definition) is 5. The highest BCUT2D eigenvalue weighted by molar-refractivity contribution is 5.35. The van der Waals surface area contributed by atoms with Crippen LogP contribution in [-0.4, -0.2) is 39.8 Å². The Morgan fingerprint density at radius 1 is 1.19 bits per heavy atom. The van der Waals surface area contributed by atoms with Crippen molar-refractivity contribution in [2.45, 2.75) is 57.4 Å². The van der Waals surface area contributed by atoms with Crippen molar-refractivity contribution >= 4 is 0 Å². The number of aryl methyl sites for hydroxylation is 1. The normalized spacial score (nSPS) is 23.4. The molecule has 0 amide bonds. The van der Waals surface area contributed by atoms with Crippen molar-refractivity contribution < 1.29 is 9.63 Å². The molecule has 1 aliphatic heterocycles. The van der Waals surface area contributed by atoms with Gasteiger partial charge in [-0.2, -0.15) is 4.98 Å². The molecule has 1 N–H and O–H groups in total. The number of aliphatic hydroxyl groups excluding tert-OH is 1. The molecule has 2 heterocycles. The Morgan fingerprint density at radius 2 is 1.96 bits per heavy atom. The second-order valence-electron chi connectivity index (χ2n) is 8.09. The van der Waals surface area contributed by atoms with Gasteiger partial charge < -0.3 is 9.63 Å². The van der Waals surface area contributed by atoms with Crippen molar-refractivity contribution in [1.82, 2.24) is 15.0 Å². The molecule has 5 nitrogen and oxygen atoms in total. The minimum absolute atomic E-state index is 0.0923. The number of rotatable bonds is 5. The highest BCUT2D eigenvalue weighted by atomic mass is 16.5. The standard InChI is InChI=1S/C21H29N3O2/c1-16-6-8-18(9-7-16)21(10-2-3-11-21)20-22-19(26-23-20)14-24-12-4-5-17(13-24)15-25/h6-9,17,25H,2-5,10-15H2,1H3/t17-/m1/s1. The first kappa shape index (κ1) is 17.7. The van der Waals surface area contributed by atoms with Crippen LogP contribution >= 0.6 is 0 Å². The lowest BCUT2D eigenvalue weighted by molar-refractivity contribution is 0.107. The fraction of sp³-hybridized carbons (Fsp3) is 0.619. The summed E-state index contributed by atoms with van der Waals surface area (Å²) in [6.45, 7) is 5.03. The molecule has 0 bridgehead atoms. The average Bonchev–Trinajstić information content (AvgIpc) is 3.33. The second-order valence-corrected chi connectivity index (χ2v) is 8.09. The van der Waals surface area contributed by atoms with E-state index < -0.39 is 0 Å². The molecule has 140 valence electrons. The van der Waals surface area contributed by atoms with Crippen molar-refractivity contribution in [2.75, 3.05) is 19.7 Å². The van der Waals surface area contributed by atoms with E-state index in [1.54, 1.807) is 0 Å². The number of aliphatic hydroxyl groups is 1. The molecule has 1 aliphatic carbocycles. The summed E-state index contributed by atoms with van der Waals surface area (Å²) in [5.74, 6) is 1.93. The lowest BCUT2D eigenvalue weighted by Gasteiger charge is -2.30. The Morgan fingerprint density at radius 3 is 2.69 bits per heavy atom. The molecule has 0 spiro atoms. The molecule has 1 aromatic heterocycles. The van der Waals surface area contributed by atoms with Gasteiger partial charge in [-0.3, -0.25) is 4.90 Å². The van der Waals surface area contributed by atoms with E-state index in [0.717, 1.165) is 44.6 Å². The highest BCUT2D eigenvalue weighted by Crippen LogP contribution is 2.45. The second kappa shape index (κ2) is 7.49. The first-order chi connectivity index (χ1) is 12.7. The lowest BCUT2D eigenvalue weighted by Crippen LogP contribution is -2.36. The van der Waals surface area contributed by atoms with Crippen molar-refractivity contribution in [3.05, 3.63) is 47.1 Å². The van der Waals surface area contributed by atoms with Crippen molar-refractivity contribution in [2.24, 2.45) is 5.92 Å². The molecular weight excluding hydrogens is 326 g/mol. The molecule has 1 aromatic carbocycles. The smallest absolute Gasteiger partial charge is 0.240 e. The number of benzene rings is 1. The Bertz CT molecular complexity index is 719. The van der Waals surface area contributed by atoms with Gasteiger partial charge in [-0.05, 0) is 50.6 Å². The van der Waals surface area contributed by atoms with E-state index in [0.29, 0.717) is 18.4 Å². The topological polar surface area (TPSA) is 62.4 Å². The third-order valence-corrected chi connectivity index (χ3v) is 6.18. The first-order valence-corrected chi connectivity index (χ1v) is 9.93. The summed E-state index contributed by atoms with van der Waals surface area (Å²) in [7, 11) is 0. The number of likely N-dealkylation sites (tertiary alicyclic amines) is 1. The van der Waals surface area contributed by atoms with E-state index in [9.17, 15) is 5.11 Å². The Hall–Kier alpha value is -1.72. The maximum Gasteiger partial charge on any atom is 0.240 e. The van der Waals surface area contributed by atoms with Crippen LogP contribution in [-0.2, 0) is 12.0 Å². The van der Waals surface area contributed by atoms with Gasteiger partial charge in [-0.1, -0.05) is 47.8 Å². The fourth-order valence-corrected chi connectivity index (χ4v) is 4.64. The van der Waals surface area contributed by atoms with Crippen LogP contribution in [0.15, 0.2) is 28.8 Å². The van der Waals surface area contributed by atoms with Crippen molar-refractivity contribution in [1.29, 1.82) is 0 Å². The van der Waals surface area contributed by atoms with E-state index in [-0.39, 0.29) is 12.0 Å². The van der Waals surface area contributed by atoms with Crippen molar-refractivity contribution in [3.8, 4) is 0 Å². The van der Waals surface area contributed by atoms with E-state index in [2.05, 4.69) is 41.2 Å². The Labute approximate surface area is 155 Å². The first-order valence-electron chi connectivity index (χ1n) is 9.93. The van der Waals surface area contributed by atoms with Gasteiger partial charge in [0.05, 0.1) is 12.0 Å². The largest absolute Gasteiger partial charge is 0.396 e. The van der Waals surface area contributed by atoms with E-state index in [1.807, 2.05) is 0 Å². The number of hydrogen-bond donors (Lipinski definition) is 1. The summed E-state index contributed by atoms with van der Waals surface area (Å²) in [4.78, 5) is 7.15. The van der Waals surface area contributed by atoms with Gasteiger partial charge in [0.15, 0.2) is 5.82 Å². The van der Waals surface area contributed by atoms with Crippen LogP contribution in [0, 0.1) is 12.8 Å². The van der Waals surface area contributed by atoms with Gasteiger partial charge in [0.2, 0.25) is 5.89 Å². The van der Waals surface area contributed by atoms with E-state index in [1.165, 1.54) is 24.0 Å². The van der Waals surface area contributed by atoms with Crippen LogP contribution in [0.4, 0.5) is 0 Å². The summed E-state index contributed by atoms with van der Waals surface area (Å²) in [5.41, 5.74) is 2.50. The summed E-state index contributed by atoms with van der Waals surface area (Å²) >= 11 is 0. The number of nitrogens with zero attached hydrogens (tertiary/aromatic N) is 3. The molecule has 2 fully saturated rings. The molecule has 2 aromatic rings. The number of aromatic nitrogens is 2. The van der Waals surface area contributed by atoms with Crippen LogP contribution in [0.5, 0.6) is 0 Å². The molecule has 26 heavy (non-hydrogen) atoms. The lowest BCUT2D eigenvalue weighted by atomic mass is 9.78. The third-order valence-electron chi connectivity index (χ3n) is 6.18. The molecule has 1 saturated heterocycles. The third kappa shape index (κ3) is 3.42.